The Kier molecular flexibility index (Phi) is 3.88. The Morgan fingerprint density at radius 2 is 2.19 bits per heavy atom. The second-order valence-electron chi connectivity index (χ2n) is 6.73. The van der Waals surface area contributed by atoms with Crippen LogP contribution < -0.4 is 10.2 Å². The van der Waals surface area contributed by atoms with Gasteiger partial charge in [0.1, 0.15) is 6.33 Å². The van der Waals surface area contributed by atoms with E-state index in [2.05, 4.69) is 38.8 Å². The Hall–Kier alpha value is -1.76. The number of nitrogens with zero attached hydrogens (tertiary/aromatic N) is 2. The molecule has 2 heterocycles. The van der Waals surface area contributed by atoms with Gasteiger partial charge in [0.2, 0.25) is 5.88 Å². The summed E-state index contributed by atoms with van der Waals surface area (Å²) < 4.78 is 13.5. The quantitative estimate of drug-likeness (QED) is 0.867. The van der Waals surface area contributed by atoms with Gasteiger partial charge in [0.05, 0.1) is 6.26 Å². The molecule has 0 saturated carbocycles. The molecule has 2 rings (SSSR count). The van der Waals surface area contributed by atoms with Crippen molar-refractivity contribution in [2.75, 3.05) is 0 Å². The van der Waals surface area contributed by atoms with E-state index in [1.54, 1.807) is 17.2 Å². The van der Waals surface area contributed by atoms with Crippen LogP contribution in [0.25, 0.3) is 0 Å². The molecule has 1 atom stereocenters. The fourth-order valence-corrected chi connectivity index (χ4v) is 2.76. The number of rotatable bonds is 4. The standard InChI is InChI=1S/C14H23N3O3Si/c1-14(2,3)21(4,5)20-13-11(12(15)18)16-9-17(13)10-7-6-8-19-10/h6,8-10H,7H2,1-5H3,(H2,15,18)/t10-/m1/s1. The smallest absolute Gasteiger partial charge is 0.272 e. The maximum atomic E-state index is 11.6. The Morgan fingerprint density at radius 3 is 2.67 bits per heavy atom. The number of carbonyl (C=O) groups excluding carboxylic acids is 1. The van der Waals surface area contributed by atoms with Gasteiger partial charge in [0.25, 0.3) is 14.2 Å². The maximum Gasteiger partial charge on any atom is 0.272 e. The van der Waals surface area contributed by atoms with Gasteiger partial charge in [-0.1, -0.05) is 20.8 Å². The van der Waals surface area contributed by atoms with Crippen LogP contribution in [0.2, 0.25) is 18.1 Å². The van der Waals surface area contributed by atoms with E-state index in [1.165, 1.54) is 0 Å². The van der Waals surface area contributed by atoms with E-state index in [9.17, 15) is 4.79 Å². The highest BCUT2D eigenvalue weighted by molar-refractivity contribution is 6.74. The summed E-state index contributed by atoms with van der Waals surface area (Å²) in [5.41, 5.74) is 5.58. The van der Waals surface area contributed by atoms with E-state index < -0.39 is 14.2 Å². The zero-order valence-electron chi connectivity index (χ0n) is 13.2. The molecule has 1 aromatic rings. The van der Waals surface area contributed by atoms with E-state index in [4.69, 9.17) is 14.9 Å². The number of imidazole rings is 1. The average Bonchev–Trinajstić information content (AvgIpc) is 2.94. The number of hydrogen-bond acceptors (Lipinski definition) is 4. The zero-order chi connectivity index (χ0) is 15.8. The molecule has 1 aliphatic rings. The van der Waals surface area contributed by atoms with Crippen LogP contribution in [0, 0.1) is 0 Å². The first-order chi connectivity index (χ1) is 9.63. The summed E-state index contributed by atoms with van der Waals surface area (Å²) in [6.45, 7) is 10.6. The molecule has 0 bridgehead atoms. The van der Waals surface area contributed by atoms with Gasteiger partial charge in [-0.15, -0.1) is 0 Å². The van der Waals surface area contributed by atoms with E-state index in [-0.39, 0.29) is 17.0 Å². The average molecular weight is 309 g/mol. The second kappa shape index (κ2) is 5.21. The Morgan fingerprint density at radius 1 is 1.52 bits per heavy atom. The molecule has 7 heteroatoms. The lowest BCUT2D eigenvalue weighted by Crippen LogP contribution is -2.45. The number of nitrogens with two attached hydrogens (primary N) is 1. The zero-order valence-corrected chi connectivity index (χ0v) is 14.2. The van der Waals surface area contributed by atoms with Gasteiger partial charge in [-0.05, 0) is 24.2 Å². The predicted octanol–water partition coefficient (Wildman–Crippen LogP) is 2.80. The van der Waals surface area contributed by atoms with E-state index in [0.29, 0.717) is 12.3 Å². The minimum Gasteiger partial charge on any atom is -0.530 e. The molecule has 0 spiro atoms. The third-order valence-corrected chi connectivity index (χ3v) is 8.44. The molecule has 1 amide bonds. The first-order valence-electron chi connectivity index (χ1n) is 6.99. The van der Waals surface area contributed by atoms with E-state index >= 15 is 0 Å². The lowest BCUT2D eigenvalue weighted by molar-refractivity contribution is 0.0964. The van der Waals surface area contributed by atoms with Gasteiger partial charge in [-0.3, -0.25) is 9.36 Å². The van der Waals surface area contributed by atoms with Crippen LogP contribution in [-0.4, -0.2) is 23.8 Å². The molecule has 0 radical (unpaired) electrons. The highest BCUT2D eigenvalue weighted by atomic mass is 28.4. The molecule has 0 aliphatic carbocycles. The van der Waals surface area contributed by atoms with Crippen molar-refractivity contribution in [1.29, 1.82) is 0 Å². The van der Waals surface area contributed by atoms with E-state index in [1.807, 2.05) is 6.08 Å². The fraction of sp³-hybridized carbons (Fsp3) is 0.571. The van der Waals surface area contributed by atoms with Crippen molar-refractivity contribution in [3.63, 3.8) is 0 Å². The van der Waals surface area contributed by atoms with Crippen LogP contribution in [0.3, 0.4) is 0 Å². The molecule has 21 heavy (non-hydrogen) atoms. The SMILES string of the molecule is CC(C)(C)[Si](C)(C)Oc1c(C(N)=O)ncn1[C@H]1CC=CO1. The normalized spacial score (nSPS) is 18.6. The third-order valence-electron chi connectivity index (χ3n) is 4.12. The van der Waals surface area contributed by atoms with Gasteiger partial charge >= 0.3 is 0 Å². The lowest BCUT2D eigenvalue weighted by atomic mass is 10.2. The number of carbonyl (C=O) groups is 1. The number of aromatic nitrogens is 2. The van der Waals surface area contributed by atoms with Crippen molar-refractivity contribution in [2.45, 2.75) is 51.6 Å². The van der Waals surface area contributed by atoms with Crippen molar-refractivity contribution in [1.82, 2.24) is 9.55 Å². The van der Waals surface area contributed by atoms with Gasteiger partial charge < -0.3 is 14.9 Å². The Balaban J connectivity index is 2.40. The topological polar surface area (TPSA) is 79.4 Å². The van der Waals surface area contributed by atoms with Gasteiger partial charge in [-0.25, -0.2) is 4.98 Å². The Labute approximate surface area is 126 Å². The van der Waals surface area contributed by atoms with E-state index in [0.717, 1.165) is 0 Å². The molecular weight excluding hydrogens is 286 g/mol. The van der Waals surface area contributed by atoms with Gasteiger partial charge in [-0.2, -0.15) is 0 Å². The van der Waals surface area contributed by atoms with Gasteiger partial charge in [0.15, 0.2) is 11.9 Å². The second-order valence-corrected chi connectivity index (χ2v) is 11.5. The first-order valence-corrected chi connectivity index (χ1v) is 9.90. The number of hydrogen-bond donors (Lipinski definition) is 1. The summed E-state index contributed by atoms with van der Waals surface area (Å²) in [5, 5.41) is 0.00575. The molecule has 1 aliphatic heterocycles. The molecule has 0 unspecified atom stereocenters. The minimum atomic E-state index is -2.11. The highest BCUT2D eigenvalue weighted by Crippen LogP contribution is 2.39. The highest BCUT2D eigenvalue weighted by Gasteiger charge is 2.41. The van der Waals surface area contributed by atoms with Crippen LogP contribution in [0.4, 0.5) is 0 Å². The lowest BCUT2D eigenvalue weighted by Gasteiger charge is -2.36. The largest absolute Gasteiger partial charge is 0.530 e. The molecular formula is C14H23N3O3Si. The van der Waals surface area contributed by atoms with Crippen molar-refractivity contribution >= 4 is 14.2 Å². The monoisotopic (exact) mass is 309 g/mol. The molecule has 0 saturated heterocycles. The summed E-state index contributed by atoms with van der Waals surface area (Å²) in [5.74, 6) is -0.170. The molecule has 2 N–H and O–H groups in total. The van der Waals surface area contributed by atoms with Crippen molar-refractivity contribution in [2.24, 2.45) is 5.73 Å². The Bertz CT molecular complexity index is 565. The number of ether oxygens (including phenoxy) is 1. The third kappa shape index (κ3) is 2.97. The van der Waals surface area contributed by atoms with Crippen molar-refractivity contribution in [3.05, 3.63) is 24.4 Å². The van der Waals surface area contributed by atoms with Crippen LogP contribution in [0.5, 0.6) is 5.88 Å². The molecule has 0 fully saturated rings. The summed E-state index contributed by atoms with van der Waals surface area (Å²) >= 11 is 0. The summed E-state index contributed by atoms with van der Waals surface area (Å²) in [6.07, 6.45) is 5.60. The van der Waals surface area contributed by atoms with Gasteiger partial charge in [0, 0.05) is 6.42 Å². The minimum absolute atomic E-state index is 0.00575. The van der Waals surface area contributed by atoms with Crippen LogP contribution in [-0.2, 0) is 4.74 Å². The van der Waals surface area contributed by atoms with Crippen LogP contribution >= 0.6 is 0 Å². The summed E-state index contributed by atoms with van der Waals surface area (Å²) in [4.78, 5) is 15.7. The predicted molar refractivity (Wildman–Crippen MR) is 82.4 cm³/mol. The molecule has 1 aromatic heterocycles. The van der Waals surface area contributed by atoms with Crippen molar-refractivity contribution in [3.8, 4) is 5.88 Å². The first kappa shape index (κ1) is 15.6. The summed E-state index contributed by atoms with van der Waals surface area (Å²) in [7, 11) is -2.11. The molecule has 0 aromatic carbocycles. The maximum absolute atomic E-state index is 11.6. The van der Waals surface area contributed by atoms with Crippen LogP contribution in [0.15, 0.2) is 18.7 Å². The number of primary amides is 1. The fourth-order valence-electron chi connectivity index (χ4n) is 1.77. The summed E-state index contributed by atoms with van der Waals surface area (Å²) in [6, 6.07) is 0. The van der Waals surface area contributed by atoms with Crippen molar-refractivity contribution < 1.29 is 14.0 Å². The van der Waals surface area contributed by atoms with Crippen LogP contribution in [0.1, 0.15) is 43.9 Å². The molecule has 6 nitrogen and oxygen atoms in total. The molecule has 116 valence electrons. The number of amides is 1.